The van der Waals surface area contributed by atoms with Gasteiger partial charge < -0.3 is 10.0 Å². The van der Waals surface area contributed by atoms with Crippen molar-refractivity contribution in [2.75, 3.05) is 0 Å². The van der Waals surface area contributed by atoms with Gasteiger partial charge in [-0.15, -0.1) is 0 Å². The summed E-state index contributed by atoms with van der Waals surface area (Å²) in [7, 11) is -1.50. The summed E-state index contributed by atoms with van der Waals surface area (Å²) < 4.78 is 0. The molecule has 0 fully saturated rings. The predicted octanol–water partition coefficient (Wildman–Crippen LogP) is -0.382. The second-order valence-electron chi connectivity index (χ2n) is 3.10. The lowest BCUT2D eigenvalue weighted by atomic mass is 9.79. The van der Waals surface area contributed by atoms with Gasteiger partial charge in [0.1, 0.15) is 0 Å². The fourth-order valence-corrected chi connectivity index (χ4v) is 1.42. The first-order valence-electron chi connectivity index (χ1n) is 4.26. The van der Waals surface area contributed by atoms with Crippen LogP contribution < -0.4 is 5.46 Å². The second kappa shape index (κ2) is 3.36. The van der Waals surface area contributed by atoms with Gasteiger partial charge in [-0.1, -0.05) is 12.1 Å². The van der Waals surface area contributed by atoms with Gasteiger partial charge in [0, 0.05) is 17.9 Å². The minimum atomic E-state index is -1.50. The van der Waals surface area contributed by atoms with Gasteiger partial charge in [0.2, 0.25) is 0 Å². The smallest absolute Gasteiger partial charge is 0.423 e. The topological polar surface area (TPSA) is 66.2 Å². The van der Waals surface area contributed by atoms with E-state index < -0.39 is 7.12 Å². The molecule has 4 nitrogen and oxygen atoms in total. The van der Waals surface area contributed by atoms with Gasteiger partial charge in [-0.05, 0) is 12.5 Å². The van der Waals surface area contributed by atoms with Crippen LogP contribution in [-0.4, -0.2) is 27.1 Å². The zero-order valence-corrected chi connectivity index (χ0v) is 7.68. The normalized spacial score (nSPS) is 10.5. The fraction of sp³-hybridized carbons (Fsp3) is 0.111. The van der Waals surface area contributed by atoms with E-state index in [1.165, 1.54) is 6.20 Å². The molecule has 0 radical (unpaired) electrons. The fourth-order valence-electron chi connectivity index (χ4n) is 1.42. The molecule has 1 aromatic heterocycles. The van der Waals surface area contributed by atoms with Crippen molar-refractivity contribution in [1.29, 1.82) is 0 Å². The highest BCUT2D eigenvalue weighted by molar-refractivity contribution is 6.61. The highest BCUT2D eigenvalue weighted by atomic mass is 16.4. The zero-order valence-electron chi connectivity index (χ0n) is 7.68. The van der Waals surface area contributed by atoms with Crippen LogP contribution in [0.1, 0.15) is 5.56 Å². The third-order valence-corrected chi connectivity index (χ3v) is 2.14. The number of fused-ring (bicyclic) bond motifs is 1. The van der Waals surface area contributed by atoms with Crippen molar-refractivity contribution < 1.29 is 10.0 Å². The lowest BCUT2D eigenvalue weighted by molar-refractivity contribution is 0.426. The Morgan fingerprint density at radius 1 is 1.07 bits per heavy atom. The first-order chi connectivity index (χ1) is 6.70. The molecule has 2 rings (SSSR count). The largest absolute Gasteiger partial charge is 0.490 e. The summed E-state index contributed by atoms with van der Waals surface area (Å²) in [5.41, 5.74) is 2.61. The minimum Gasteiger partial charge on any atom is -0.423 e. The number of aryl methyl sites for hydroxylation is 1. The quantitative estimate of drug-likeness (QED) is 0.598. The molecule has 2 N–H and O–H groups in total. The van der Waals surface area contributed by atoms with E-state index >= 15 is 0 Å². The molecule has 0 saturated heterocycles. The molecule has 2 aromatic rings. The lowest BCUT2D eigenvalue weighted by Gasteiger charge is -2.05. The molecule has 14 heavy (non-hydrogen) atoms. The van der Waals surface area contributed by atoms with Crippen molar-refractivity contribution >= 4 is 23.6 Å². The van der Waals surface area contributed by atoms with Crippen LogP contribution in [-0.2, 0) is 0 Å². The Balaban J connectivity index is 2.82. The van der Waals surface area contributed by atoms with E-state index in [1.54, 1.807) is 18.3 Å². The number of aromatic nitrogens is 2. The van der Waals surface area contributed by atoms with Crippen LogP contribution in [0.5, 0.6) is 0 Å². The third-order valence-electron chi connectivity index (χ3n) is 2.14. The molecule has 0 spiro atoms. The zero-order chi connectivity index (χ0) is 10.1. The first-order valence-corrected chi connectivity index (χ1v) is 4.26. The van der Waals surface area contributed by atoms with E-state index in [-0.39, 0.29) is 0 Å². The lowest BCUT2D eigenvalue weighted by Crippen LogP contribution is -2.31. The van der Waals surface area contributed by atoms with Crippen LogP contribution in [0, 0.1) is 6.92 Å². The maximum atomic E-state index is 9.10. The highest BCUT2D eigenvalue weighted by Gasteiger charge is 2.16. The summed E-state index contributed by atoms with van der Waals surface area (Å²) in [6, 6.07) is 3.45. The number of rotatable bonds is 1. The molecular weight excluding hydrogens is 179 g/mol. The Hall–Kier alpha value is -1.46. The Morgan fingerprint density at radius 3 is 2.36 bits per heavy atom. The Labute approximate surface area is 81.4 Å². The summed E-state index contributed by atoms with van der Waals surface area (Å²) in [6.07, 6.45) is 3.12. The minimum absolute atomic E-state index is 0.388. The van der Waals surface area contributed by atoms with Crippen molar-refractivity contribution in [2.24, 2.45) is 0 Å². The third kappa shape index (κ3) is 1.36. The van der Waals surface area contributed by atoms with Gasteiger partial charge >= 0.3 is 7.12 Å². The number of benzene rings is 1. The van der Waals surface area contributed by atoms with Crippen molar-refractivity contribution in [2.45, 2.75) is 6.92 Å². The molecule has 0 aliphatic carbocycles. The van der Waals surface area contributed by atoms with Crippen LogP contribution in [0.15, 0.2) is 24.5 Å². The Bertz CT molecular complexity index is 473. The number of hydrogen-bond acceptors (Lipinski definition) is 4. The molecule has 1 heterocycles. The SMILES string of the molecule is Cc1ccc(B(O)O)c2nccnc12. The van der Waals surface area contributed by atoms with Crippen LogP contribution in [0.3, 0.4) is 0 Å². The molecule has 0 saturated carbocycles. The van der Waals surface area contributed by atoms with E-state index in [9.17, 15) is 0 Å². The van der Waals surface area contributed by atoms with E-state index in [1.807, 2.05) is 6.92 Å². The molecule has 0 aliphatic heterocycles. The van der Waals surface area contributed by atoms with E-state index in [2.05, 4.69) is 9.97 Å². The molecule has 0 aliphatic rings. The molecule has 0 atom stereocenters. The van der Waals surface area contributed by atoms with Gasteiger partial charge in [-0.2, -0.15) is 0 Å². The van der Waals surface area contributed by atoms with Gasteiger partial charge in [0.15, 0.2) is 0 Å². The average molecular weight is 188 g/mol. The monoisotopic (exact) mass is 188 g/mol. The highest BCUT2D eigenvalue weighted by Crippen LogP contribution is 2.10. The molecule has 1 aromatic carbocycles. The Morgan fingerprint density at radius 2 is 1.71 bits per heavy atom. The van der Waals surface area contributed by atoms with Crippen molar-refractivity contribution in [3.05, 3.63) is 30.1 Å². The van der Waals surface area contributed by atoms with Crippen molar-refractivity contribution in [1.82, 2.24) is 9.97 Å². The van der Waals surface area contributed by atoms with Crippen LogP contribution >= 0.6 is 0 Å². The van der Waals surface area contributed by atoms with Gasteiger partial charge in [-0.25, -0.2) is 0 Å². The maximum Gasteiger partial charge on any atom is 0.490 e. The van der Waals surface area contributed by atoms with E-state index in [0.29, 0.717) is 16.5 Å². The van der Waals surface area contributed by atoms with Crippen LogP contribution in [0.2, 0.25) is 0 Å². The van der Waals surface area contributed by atoms with Crippen LogP contribution in [0.4, 0.5) is 0 Å². The summed E-state index contributed by atoms with van der Waals surface area (Å²) in [4.78, 5) is 8.22. The van der Waals surface area contributed by atoms with Crippen molar-refractivity contribution in [3.63, 3.8) is 0 Å². The van der Waals surface area contributed by atoms with E-state index in [4.69, 9.17) is 10.0 Å². The molecular formula is C9H9BN2O2. The standard InChI is InChI=1S/C9H9BN2O2/c1-6-2-3-7(10(13)14)9-8(6)11-4-5-12-9/h2-5,13-14H,1H3. The van der Waals surface area contributed by atoms with Crippen LogP contribution in [0.25, 0.3) is 11.0 Å². The predicted molar refractivity (Wildman–Crippen MR) is 54.1 cm³/mol. The van der Waals surface area contributed by atoms with Crippen molar-refractivity contribution in [3.8, 4) is 0 Å². The molecule has 0 amide bonds. The Kier molecular flexibility index (Phi) is 2.19. The summed E-state index contributed by atoms with van der Waals surface area (Å²) in [6.45, 7) is 1.91. The van der Waals surface area contributed by atoms with Gasteiger partial charge in [0.05, 0.1) is 11.0 Å². The maximum absolute atomic E-state index is 9.10. The molecule has 0 bridgehead atoms. The first kappa shape index (κ1) is 9.11. The number of nitrogens with zero attached hydrogens (tertiary/aromatic N) is 2. The summed E-state index contributed by atoms with van der Waals surface area (Å²) in [5, 5.41) is 18.2. The molecule has 0 unspecified atom stereocenters. The second-order valence-corrected chi connectivity index (χ2v) is 3.10. The number of hydrogen-bond donors (Lipinski definition) is 2. The molecule has 70 valence electrons. The molecule has 5 heteroatoms. The average Bonchev–Trinajstić information content (AvgIpc) is 2.18. The summed E-state index contributed by atoms with van der Waals surface area (Å²) in [5.74, 6) is 0. The van der Waals surface area contributed by atoms with Gasteiger partial charge in [-0.3, -0.25) is 9.97 Å². The van der Waals surface area contributed by atoms with E-state index in [0.717, 1.165) is 5.56 Å². The summed E-state index contributed by atoms with van der Waals surface area (Å²) >= 11 is 0. The van der Waals surface area contributed by atoms with Gasteiger partial charge in [0.25, 0.3) is 0 Å².